The van der Waals surface area contributed by atoms with Gasteiger partial charge in [0.25, 0.3) is 5.91 Å². The fourth-order valence-corrected chi connectivity index (χ4v) is 2.96. The van der Waals surface area contributed by atoms with Gasteiger partial charge in [-0.1, -0.05) is 50.6 Å². The first-order valence-corrected chi connectivity index (χ1v) is 10.6. The Hall–Kier alpha value is -3.63. The third kappa shape index (κ3) is 8.09. The summed E-state index contributed by atoms with van der Waals surface area (Å²) in [5.74, 6) is -0.0241. The molecule has 7 nitrogen and oxygen atoms in total. The molecule has 0 heterocycles. The van der Waals surface area contributed by atoms with E-state index in [4.69, 9.17) is 14.2 Å². The predicted molar refractivity (Wildman–Crippen MR) is 126 cm³/mol. The minimum atomic E-state index is -0.533. The molecule has 1 amide bonds. The molecule has 0 unspecified atom stereocenters. The summed E-state index contributed by atoms with van der Waals surface area (Å²) in [4.78, 5) is 24.3. The van der Waals surface area contributed by atoms with Crippen molar-refractivity contribution < 1.29 is 23.8 Å². The second kappa shape index (κ2) is 11.8. The Morgan fingerprint density at radius 1 is 1.12 bits per heavy atom. The van der Waals surface area contributed by atoms with Crippen LogP contribution in [0.5, 0.6) is 11.5 Å². The van der Waals surface area contributed by atoms with E-state index >= 15 is 0 Å². The fourth-order valence-electron chi connectivity index (χ4n) is 2.96. The molecule has 0 saturated heterocycles. The molecule has 33 heavy (non-hydrogen) atoms. The normalized spacial score (nSPS) is 11.5. The molecular weight excluding hydrogens is 420 g/mol. The zero-order chi connectivity index (χ0) is 24.4. The molecule has 174 valence electrons. The quantitative estimate of drug-likeness (QED) is 0.204. The van der Waals surface area contributed by atoms with Gasteiger partial charge in [0, 0.05) is 13.7 Å². The summed E-state index contributed by atoms with van der Waals surface area (Å²) < 4.78 is 15.9. The van der Waals surface area contributed by atoms with Crippen LogP contribution in [0.1, 0.15) is 37.5 Å². The van der Waals surface area contributed by atoms with Crippen molar-refractivity contribution in [3.63, 3.8) is 0 Å². The van der Waals surface area contributed by atoms with Crippen LogP contribution in [0.2, 0.25) is 0 Å². The first-order chi connectivity index (χ1) is 15.6. The number of aryl methyl sites for hydroxylation is 1. The van der Waals surface area contributed by atoms with Crippen LogP contribution in [-0.4, -0.2) is 38.7 Å². The van der Waals surface area contributed by atoms with Crippen LogP contribution >= 0.6 is 0 Å². The number of methoxy groups -OCH3 is 1. The van der Waals surface area contributed by atoms with Crippen molar-refractivity contribution in [3.8, 4) is 17.6 Å². The molecule has 0 radical (unpaired) electrons. The number of nitrogens with zero attached hydrogens (tertiary/aromatic N) is 1. The highest BCUT2D eigenvalue weighted by molar-refractivity contribution is 6.01. The number of benzene rings is 2. The third-order valence-corrected chi connectivity index (χ3v) is 4.67. The molecule has 0 bridgehead atoms. The number of nitriles is 1. The lowest BCUT2D eigenvalue weighted by molar-refractivity contribution is -0.136. The molecule has 0 aliphatic carbocycles. The summed E-state index contributed by atoms with van der Waals surface area (Å²) in [6, 6.07) is 14.2. The molecular formula is C26H30N2O5. The van der Waals surface area contributed by atoms with E-state index in [0.717, 1.165) is 11.1 Å². The van der Waals surface area contributed by atoms with Crippen LogP contribution in [0.4, 0.5) is 0 Å². The SMILES string of the molecule is COCCNC(=O)/C(C#N)=C/c1ccc(OC(=O)COc2ccc(C)cc2C(C)(C)C)cc1. The Balaban J connectivity index is 1.98. The Labute approximate surface area is 195 Å². The van der Waals surface area contributed by atoms with E-state index in [1.165, 1.54) is 13.2 Å². The molecule has 2 aromatic rings. The van der Waals surface area contributed by atoms with Crippen molar-refractivity contribution in [2.45, 2.75) is 33.1 Å². The maximum Gasteiger partial charge on any atom is 0.349 e. The lowest BCUT2D eigenvalue weighted by atomic mass is 9.85. The smallest absolute Gasteiger partial charge is 0.349 e. The van der Waals surface area contributed by atoms with Gasteiger partial charge >= 0.3 is 5.97 Å². The highest BCUT2D eigenvalue weighted by atomic mass is 16.6. The van der Waals surface area contributed by atoms with E-state index in [-0.39, 0.29) is 17.6 Å². The lowest BCUT2D eigenvalue weighted by Crippen LogP contribution is -2.27. The maximum absolute atomic E-state index is 12.3. The first-order valence-electron chi connectivity index (χ1n) is 10.6. The molecule has 2 aromatic carbocycles. The van der Waals surface area contributed by atoms with Crippen LogP contribution in [0.3, 0.4) is 0 Å². The lowest BCUT2D eigenvalue weighted by Gasteiger charge is -2.23. The van der Waals surface area contributed by atoms with Gasteiger partial charge in [-0.15, -0.1) is 0 Å². The van der Waals surface area contributed by atoms with Gasteiger partial charge in [0.2, 0.25) is 0 Å². The Morgan fingerprint density at radius 3 is 2.42 bits per heavy atom. The number of rotatable bonds is 9. The Kier molecular flexibility index (Phi) is 9.19. The standard InChI is InChI=1S/C26H30N2O5/c1-18-6-11-23(22(14-18)26(2,3)4)32-17-24(29)33-21-9-7-19(8-10-21)15-20(16-27)25(30)28-12-13-31-5/h6-11,14-15H,12-13,17H2,1-5H3,(H,28,30)/b20-15+. The number of ether oxygens (including phenoxy) is 3. The number of nitrogens with one attached hydrogen (secondary N) is 1. The average molecular weight is 451 g/mol. The number of hydrogen-bond donors (Lipinski definition) is 1. The van der Waals surface area contributed by atoms with Gasteiger partial charge < -0.3 is 19.5 Å². The minimum Gasteiger partial charge on any atom is -0.482 e. The maximum atomic E-state index is 12.3. The van der Waals surface area contributed by atoms with Gasteiger partial charge in [-0.05, 0) is 47.7 Å². The molecule has 0 aliphatic heterocycles. The third-order valence-electron chi connectivity index (χ3n) is 4.67. The summed E-state index contributed by atoms with van der Waals surface area (Å²) in [6.45, 7) is 8.71. The van der Waals surface area contributed by atoms with Gasteiger partial charge in [0.15, 0.2) is 6.61 Å². The molecule has 0 spiro atoms. The fraction of sp³-hybridized carbons (Fsp3) is 0.346. The van der Waals surface area contributed by atoms with E-state index < -0.39 is 11.9 Å². The predicted octanol–water partition coefficient (Wildman–Crippen LogP) is 3.95. The van der Waals surface area contributed by atoms with Crippen LogP contribution in [0, 0.1) is 18.3 Å². The molecule has 0 saturated carbocycles. The number of carbonyl (C=O) groups is 2. The van der Waals surface area contributed by atoms with E-state index in [1.807, 2.05) is 25.1 Å². The second-order valence-corrected chi connectivity index (χ2v) is 8.50. The molecule has 1 N–H and O–H groups in total. The summed E-state index contributed by atoms with van der Waals surface area (Å²) >= 11 is 0. The number of amides is 1. The van der Waals surface area contributed by atoms with Crippen molar-refractivity contribution in [2.24, 2.45) is 0 Å². The van der Waals surface area contributed by atoms with Crippen LogP contribution in [0.25, 0.3) is 6.08 Å². The van der Waals surface area contributed by atoms with Crippen molar-refractivity contribution in [2.75, 3.05) is 26.9 Å². The van der Waals surface area contributed by atoms with Gasteiger partial charge in [-0.25, -0.2) is 4.79 Å². The van der Waals surface area contributed by atoms with Crippen LogP contribution < -0.4 is 14.8 Å². The summed E-state index contributed by atoms with van der Waals surface area (Å²) in [5.41, 5.74) is 2.61. The molecule has 0 fully saturated rings. The second-order valence-electron chi connectivity index (χ2n) is 8.50. The van der Waals surface area contributed by atoms with Crippen molar-refractivity contribution in [1.29, 1.82) is 5.26 Å². The van der Waals surface area contributed by atoms with E-state index in [9.17, 15) is 14.9 Å². The molecule has 0 atom stereocenters. The topological polar surface area (TPSA) is 97.6 Å². The van der Waals surface area contributed by atoms with Gasteiger partial charge in [-0.2, -0.15) is 5.26 Å². The molecule has 0 aromatic heterocycles. The first kappa shape index (κ1) is 25.6. The monoisotopic (exact) mass is 450 g/mol. The highest BCUT2D eigenvalue weighted by Gasteiger charge is 2.20. The van der Waals surface area contributed by atoms with Gasteiger partial charge in [0.05, 0.1) is 6.61 Å². The zero-order valence-corrected chi connectivity index (χ0v) is 19.7. The molecule has 2 rings (SSSR count). The Bertz CT molecular complexity index is 1040. The summed E-state index contributed by atoms with van der Waals surface area (Å²) in [6.07, 6.45) is 1.46. The highest BCUT2D eigenvalue weighted by Crippen LogP contribution is 2.32. The largest absolute Gasteiger partial charge is 0.482 e. The summed E-state index contributed by atoms with van der Waals surface area (Å²) in [7, 11) is 1.53. The van der Waals surface area contributed by atoms with E-state index in [0.29, 0.717) is 30.2 Å². The molecule has 7 heteroatoms. The van der Waals surface area contributed by atoms with E-state index in [1.54, 1.807) is 24.3 Å². The average Bonchev–Trinajstić information content (AvgIpc) is 2.77. The van der Waals surface area contributed by atoms with Crippen LogP contribution in [0.15, 0.2) is 48.0 Å². The minimum absolute atomic E-state index is 0.0306. The molecule has 0 aliphatic rings. The number of hydrogen-bond acceptors (Lipinski definition) is 6. The Morgan fingerprint density at radius 2 is 1.82 bits per heavy atom. The van der Waals surface area contributed by atoms with Gasteiger partial charge in [-0.3, -0.25) is 4.79 Å². The van der Waals surface area contributed by atoms with Crippen LogP contribution in [-0.2, 0) is 19.7 Å². The number of carbonyl (C=O) groups excluding carboxylic acids is 2. The van der Waals surface area contributed by atoms with E-state index in [2.05, 4.69) is 32.2 Å². The number of esters is 1. The van der Waals surface area contributed by atoms with Gasteiger partial charge in [0.1, 0.15) is 23.1 Å². The van der Waals surface area contributed by atoms with Crippen molar-refractivity contribution >= 4 is 18.0 Å². The summed E-state index contributed by atoms with van der Waals surface area (Å²) in [5, 5.41) is 11.8. The zero-order valence-electron chi connectivity index (χ0n) is 19.7. The van der Waals surface area contributed by atoms with Crippen molar-refractivity contribution in [1.82, 2.24) is 5.32 Å². The van der Waals surface area contributed by atoms with Crippen molar-refractivity contribution in [3.05, 3.63) is 64.7 Å².